The zero-order chi connectivity index (χ0) is 10.4. The van der Waals surface area contributed by atoms with E-state index in [4.69, 9.17) is 14.2 Å². The molecule has 0 atom stereocenters. The SMILES string of the molecule is COc1cccc(OCC=O)c1OC. The van der Waals surface area contributed by atoms with Crippen LogP contribution in [0.5, 0.6) is 17.2 Å². The van der Waals surface area contributed by atoms with E-state index in [9.17, 15) is 4.79 Å². The van der Waals surface area contributed by atoms with Crippen molar-refractivity contribution in [1.82, 2.24) is 0 Å². The summed E-state index contributed by atoms with van der Waals surface area (Å²) in [6.45, 7) is 0.00350. The van der Waals surface area contributed by atoms with Gasteiger partial charge in [0.1, 0.15) is 6.61 Å². The lowest BCUT2D eigenvalue weighted by Gasteiger charge is -2.11. The Morgan fingerprint density at radius 3 is 2.50 bits per heavy atom. The molecule has 0 spiro atoms. The third-order valence-corrected chi connectivity index (χ3v) is 1.67. The fraction of sp³-hybridized carbons (Fsp3) is 0.300. The molecule has 0 aromatic heterocycles. The first-order chi connectivity index (χ1) is 6.83. The van der Waals surface area contributed by atoms with Crippen molar-refractivity contribution in [3.8, 4) is 17.2 Å². The van der Waals surface area contributed by atoms with Crippen molar-refractivity contribution in [2.24, 2.45) is 0 Å². The molecule has 0 saturated heterocycles. The molecule has 1 aromatic carbocycles. The summed E-state index contributed by atoms with van der Waals surface area (Å²) in [7, 11) is 3.06. The van der Waals surface area contributed by atoms with Gasteiger partial charge in [-0.05, 0) is 12.1 Å². The van der Waals surface area contributed by atoms with E-state index < -0.39 is 0 Å². The summed E-state index contributed by atoms with van der Waals surface area (Å²) in [4.78, 5) is 10.1. The maximum atomic E-state index is 10.1. The molecule has 4 heteroatoms. The van der Waals surface area contributed by atoms with Gasteiger partial charge >= 0.3 is 0 Å². The summed E-state index contributed by atoms with van der Waals surface area (Å²) < 4.78 is 15.3. The van der Waals surface area contributed by atoms with E-state index in [0.717, 1.165) is 0 Å². The minimum Gasteiger partial charge on any atom is -0.493 e. The van der Waals surface area contributed by atoms with Crippen LogP contribution in [0, 0.1) is 0 Å². The van der Waals surface area contributed by atoms with Crippen LogP contribution in [0.15, 0.2) is 18.2 Å². The van der Waals surface area contributed by atoms with Gasteiger partial charge in [-0.3, -0.25) is 4.79 Å². The van der Waals surface area contributed by atoms with Crippen molar-refractivity contribution < 1.29 is 19.0 Å². The van der Waals surface area contributed by atoms with E-state index in [2.05, 4.69) is 0 Å². The number of carbonyl (C=O) groups is 1. The molecular weight excluding hydrogens is 184 g/mol. The molecule has 0 aliphatic rings. The summed E-state index contributed by atoms with van der Waals surface area (Å²) >= 11 is 0. The van der Waals surface area contributed by atoms with E-state index in [1.807, 2.05) is 0 Å². The van der Waals surface area contributed by atoms with Crippen LogP contribution < -0.4 is 14.2 Å². The molecule has 0 unspecified atom stereocenters. The molecule has 1 rings (SSSR count). The Kier molecular flexibility index (Phi) is 3.79. The maximum absolute atomic E-state index is 10.1. The lowest BCUT2D eigenvalue weighted by molar-refractivity contribution is -0.109. The minimum atomic E-state index is 0.00350. The molecule has 0 aliphatic carbocycles. The fourth-order valence-electron chi connectivity index (χ4n) is 1.10. The zero-order valence-corrected chi connectivity index (χ0v) is 8.15. The molecule has 0 saturated carbocycles. The van der Waals surface area contributed by atoms with E-state index in [-0.39, 0.29) is 6.61 Å². The van der Waals surface area contributed by atoms with Crippen LogP contribution in [-0.4, -0.2) is 27.1 Å². The highest BCUT2D eigenvalue weighted by molar-refractivity contribution is 5.55. The molecule has 0 radical (unpaired) electrons. The van der Waals surface area contributed by atoms with Crippen molar-refractivity contribution in [2.45, 2.75) is 0 Å². The van der Waals surface area contributed by atoms with Crippen LogP contribution >= 0.6 is 0 Å². The quantitative estimate of drug-likeness (QED) is 0.665. The minimum absolute atomic E-state index is 0.00350. The average Bonchev–Trinajstić information content (AvgIpc) is 2.25. The third kappa shape index (κ3) is 2.16. The van der Waals surface area contributed by atoms with E-state index in [0.29, 0.717) is 23.5 Å². The molecule has 0 N–H and O–H groups in total. The molecule has 0 heterocycles. The molecule has 0 amide bonds. The monoisotopic (exact) mass is 196 g/mol. The molecule has 0 fully saturated rings. The van der Waals surface area contributed by atoms with Gasteiger partial charge in [0.15, 0.2) is 17.8 Å². The van der Waals surface area contributed by atoms with Gasteiger partial charge in [0.25, 0.3) is 0 Å². The number of benzene rings is 1. The zero-order valence-electron chi connectivity index (χ0n) is 8.15. The second-order valence-corrected chi connectivity index (χ2v) is 2.47. The van der Waals surface area contributed by atoms with Crippen LogP contribution in [-0.2, 0) is 4.79 Å². The lowest BCUT2D eigenvalue weighted by atomic mass is 10.3. The Balaban J connectivity index is 2.95. The Labute approximate surface area is 82.4 Å². The smallest absolute Gasteiger partial charge is 0.203 e. The summed E-state index contributed by atoms with van der Waals surface area (Å²) in [6.07, 6.45) is 0.679. The van der Waals surface area contributed by atoms with Gasteiger partial charge in [0.05, 0.1) is 14.2 Å². The van der Waals surface area contributed by atoms with Crippen molar-refractivity contribution in [1.29, 1.82) is 0 Å². The first-order valence-corrected chi connectivity index (χ1v) is 4.11. The maximum Gasteiger partial charge on any atom is 0.203 e. The Morgan fingerprint density at radius 2 is 1.93 bits per heavy atom. The van der Waals surface area contributed by atoms with Crippen molar-refractivity contribution >= 4 is 6.29 Å². The number of carbonyl (C=O) groups excluding carboxylic acids is 1. The molecule has 1 aromatic rings. The Hall–Kier alpha value is -1.71. The Morgan fingerprint density at radius 1 is 1.21 bits per heavy atom. The number of hydrogen-bond donors (Lipinski definition) is 0. The summed E-state index contributed by atoms with van der Waals surface area (Å²) in [5.74, 6) is 1.58. The number of para-hydroxylation sites is 1. The van der Waals surface area contributed by atoms with Crippen molar-refractivity contribution in [2.75, 3.05) is 20.8 Å². The van der Waals surface area contributed by atoms with Crippen molar-refractivity contribution in [3.63, 3.8) is 0 Å². The Bertz CT molecular complexity index is 309. The lowest BCUT2D eigenvalue weighted by Crippen LogP contribution is -2.00. The largest absolute Gasteiger partial charge is 0.493 e. The van der Waals surface area contributed by atoms with Gasteiger partial charge in [-0.1, -0.05) is 6.07 Å². The predicted octanol–water partition coefficient (Wildman–Crippen LogP) is 1.28. The van der Waals surface area contributed by atoms with Gasteiger partial charge in [-0.2, -0.15) is 0 Å². The van der Waals surface area contributed by atoms with E-state index in [1.54, 1.807) is 25.3 Å². The van der Waals surface area contributed by atoms with E-state index >= 15 is 0 Å². The summed E-state index contributed by atoms with van der Waals surface area (Å²) in [5.41, 5.74) is 0. The van der Waals surface area contributed by atoms with Crippen molar-refractivity contribution in [3.05, 3.63) is 18.2 Å². The molecule has 14 heavy (non-hydrogen) atoms. The first kappa shape index (κ1) is 10.4. The second-order valence-electron chi connectivity index (χ2n) is 2.47. The van der Waals surface area contributed by atoms with Gasteiger partial charge < -0.3 is 14.2 Å². The van der Waals surface area contributed by atoms with Gasteiger partial charge in [0, 0.05) is 0 Å². The molecule has 4 nitrogen and oxygen atoms in total. The van der Waals surface area contributed by atoms with Crippen LogP contribution in [0.2, 0.25) is 0 Å². The van der Waals surface area contributed by atoms with Gasteiger partial charge in [-0.25, -0.2) is 0 Å². The standard InChI is InChI=1S/C10H12O4/c1-12-8-4-3-5-9(10(8)13-2)14-7-6-11/h3-6H,7H2,1-2H3. The fourth-order valence-corrected chi connectivity index (χ4v) is 1.10. The van der Waals surface area contributed by atoms with Gasteiger partial charge in [-0.15, -0.1) is 0 Å². The predicted molar refractivity (Wildman–Crippen MR) is 51.1 cm³/mol. The number of methoxy groups -OCH3 is 2. The number of ether oxygens (including phenoxy) is 3. The van der Waals surface area contributed by atoms with Crippen LogP contribution in [0.1, 0.15) is 0 Å². The third-order valence-electron chi connectivity index (χ3n) is 1.67. The summed E-state index contributed by atoms with van der Waals surface area (Å²) in [6, 6.07) is 5.24. The highest BCUT2D eigenvalue weighted by Gasteiger charge is 2.09. The second kappa shape index (κ2) is 5.11. The molecule has 0 bridgehead atoms. The van der Waals surface area contributed by atoms with Gasteiger partial charge in [0.2, 0.25) is 5.75 Å². The topological polar surface area (TPSA) is 44.8 Å². The number of aldehydes is 1. The summed E-state index contributed by atoms with van der Waals surface area (Å²) in [5, 5.41) is 0. The van der Waals surface area contributed by atoms with Crippen LogP contribution in [0.4, 0.5) is 0 Å². The number of hydrogen-bond acceptors (Lipinski definition) is 4. The number of rotatable bonds is 5. The van der Waals surface area contributed by atoms with Crippen LogP contribution in [0.3, 0.4) is 0 Å². The normalized spacial score (nSPS) is 9.29. The van der Waals surface area contributed by atoms with Crippen LogP contribution in [0.25, 0.3) is 0 Å². The molecular formula is C10H12O4. The molecule has 0 aliphatic heterocycles. The average molecular weight is 196 g/mol. The first-order valence-electron chi connectivity index (χ1n) is 4.11. The van der Waals surface area contributed by atoms with E-state index in [1.165, 1.54) is 7.11 Å². The molecule has 76 valence electrons. The highest BCUT2D eigenvalue weighted by atomic mass is 16.5. The highest BCUT2D eigenvalue weighted by Crippen LogP contribution is 2.36.